The van der Waals surface area contributed by atoms with E-state index in [9.17, 15) is 4.79 Å². The van der Waals surface area contributed by atoms with Crippen molar-refractivity contribution in [2.24, 2.45) is 0 Å². The number of fused-ring (bicyclic) bond motifs is 1. The summed E-state index contributed by atoms with van der Waals surface area (Å²) in [4.78, 5) is 14.7. The van der Waals surface area contributed by atoms with E-state index >= 15 is 0 Å². The molecule has 0 amide bonds. The van der Waals surface area contributed by atoms with Crippen LogP contribution in [0.4, 0.5) is 0 Å². The number of rotatable bonds is 4. The van der Waals surface area contributed by atoms with Gasteiger partial charge in [0.1, 0.15) is 5.58 Å². The first-order chi connectivity index (χ1) is 12.2. The van der Waals surface area contributed by atoms with Crippen molar-refractivity contribution >= 4 is 11.0 Å². The van der Waals surface area contributed by atoms with E-state index in [1.807, 2.05) is 6.07 Å². The number of ether oxygens (including phenoxy) is 2. The molecule has 1 aliphatic rings. The van der Waals surface area contributed by atoms with Crippen LogP contribution in [0.15, 0.2) is 27.4 Å². The molecule has 1 saturated heterocycles. The van der Waals surface area contributed by atoms with Gasteiger partial charge in [0.05, 0.1) is 14.2 Å². The fraction of sp³-hybridized carbons (Fsp3) is 0.571. The quantitative estimate of drug-likeness (QED) is 0.760. The van der Waals surface area contributed by atoms with Gasteiger partial charge in [-0.1, -0.05) is 0 Å². The summed E-state index contributed by atoms with van der Waals surface area (Å²) in [6.07, 6.45) is 3.51. The Hall–Kier alpha value is -2.01. The number of benzene rings is 1. The summed E-state index contributed by atoms with van der Waals surface area (Å²) in [7, 11) is 3.18. The van der Waals surface area contributed by atoms with Crippen LogP contribution in [0, 0.1) is 0 Å². The van der Waals surface area contributed by atoms with Gasteiger partial charge in [0.15, 0.2) is 11.5 Å². The summed E-state index contributed by atoms with van der Waals surface area (Å²) in [5, 5.41) is 0.888. The SMILES string of the molecule is COc1cc2oc(=O)cc(CN3C(C)(C)CCCC3(C)C)c2cc1OC. The monoisotopic (exact) mass is 359 g/mol. The first-order valence-corrected chi connectivity index (χ1v) is 9.14. The summed E-state index contributed by atoms with van der Waals surface area (Å²) >= 11 is 0. The van der Waals surface area contributed by atoms with Crippen LogP contribution in [-0.2, 0) is 6.54 Å². The van der Waals surface area contributed by atoms with E-state index in [-0.39, 0.29) is 16.7 Å². The standard InChI is InChI=1S/C21H29NO4/c1-20(2)8-7-9-21(3,4)22(20)13-14-10-19(23)26-16-12-18(25-6)17(24-5)11-15(14)16/h10-12H,7-9,13H2,1-6H3. The lowest BCUT2D eigenvalue weighted by Crippen LogP contribution is -2.57. The Bertz CT molecular complexity index is 850. The largest absolute Gasteiger partial charge is 0.493 e. The number of likely N-dealkylation sites (tertiary alicyclic amines) is 1. The van der Waals surface area contributed by atoms with Crippen molar-refractivity contribution in [1.82, 2.24) is 4.90 Å². The molecule has 2 aromatic rings. The summed E-state index contributed by atoms with van der Waals surface area (Å²) in [5.41, 5.74) is 1.28. The van der Waals surface area contributed by atoms with E-state index < -0.39 is 0 Å². The molecule has 142 valence electrons. The predicted molar refractivity (Wildman–Crippen MR) is 103 cm³/mol. The van der Waals surface area contributed by atoms with Crippen molar-refractivity contribution in [1.29, 1.82) is 0 Å². The van der Waals surface area contributed by atoms with Crippen molar-refractivity contribution in [3.63, 3.8) is 0 Å². The molecule has 0 saturated carbocycles. The van der Waals surface area contributed by atoms with E-state index in [1.54, 1.807) is 26.4 Å². The number of nitrogens with zero attached hydrogens (tertiary/aromatic N) is 1. The summed E-state index contributed by atoms with van der Waals surface area (Å²) < 4.78 is 16.2. The number of hydrogen-bond acceptors (Lipinski definition) is 5. The van der Waals surface area contributed by atoms with Gasteiger partial charge in [-0.2, -0.15) is 0 Å². The van der Waals surface area contributed by atoms with Crippen molar-refractivity contribution in [3.8, 4) is 11.5 Å². The van der Waals surface area contributed by atoms with Crippen LogP contribution in [0.3, 0.4) is 0 Å². The fourth-order valence-corrected chi connectivity index (χ4v) is 4.33. The first kappa shape index (κ1) is 18.8. The second-order valence-corrected chi connectivity index (χ2v) is 8.36. The third-order valence-corrected chi connectivity index (χ3v) is 5.70. The summed E-state index contributed by atoms with van der Waals surface area (Å²) in [6, 6.07) is 5.23. The lowest BCUT2D eigenvalue weighted by Gasteiger charge is -2.53. The van der Waals surface area contributed by atoms with Crippen LogP contribution in [0.25, 0.3) is 11.0 Å². The molecule has 0 spiro atoms. The van der Waals surface area contributed by atoms with Gasteiger partial charge in [-0.25, -0.2) is 4.79 Å². The maximum Gasteiger partial charge on any atom is 0.336 e. The minimum Gasteiger partial charge on any atom is -0.493 e. The van der Waals surface area contributed by atoms with Crippen LogP contribution in [0.1, 0.15) is 52.5 Å². The van der Waals surface area contributed by atoms with E-state index in [1.165, 1.54) is 6.42 Å². The molecule has 1 fully saturated rings. The lowest BCUT2D eigenvalue weighted by molar-refractivity contribution is -0.0338. The van der Waals surface area contributed by atoms with Crippen LogP contribution < -0.4 is 15.1 Å². The Labute approximate surface area is 154 Å². The Balaban J connectivity index is 2.13. The van der Waals surface area contributed by atoms with Gasteiger partial charge < -0.3 is 13.9 Å². The van der Waals surface area contributed by atoms with Crippen molar-refractivity contribution in [2.45, 2.75) is 64.6 Å². The van der Waals surface area contributed by atoms with Gasteiger partial charge in [-0.3, -0.25) is 4.90 Å². The Morgan fingerprint density at radius 2 is 1.58 bits per heavy atom. The van der Waals surface area contributed by atoms with Gasteiger partial charge in [-0.15, -0.1) is 0 Å². The second kappa shape index (κ2) is 6.62. The topological polar surface area (TPSA) is 51.9 Å². The highest BCUT2D eigenvalue weighted by atomic mass is 16.5. The average Bonchev–Trinajstić information content (AvgIpc) is 2.56. The normalized spacial score (nSPS) is 19.5. The number of methoxy groups -OCH3 is 2. The molecule has 3 rings (SSSR count). The summed E-state index contributed by atoms with van der Waals surface area (Å²) in [5.74, 6) is 1.19. The number of piperidine rings is 1. The molecule has 0 bridgehead atoms. The maximum atomic E-state index is 12.2. The van der Waals surface area contributed by atoms with Crippen LogP contribution in [0.5, 0.6) is 11.5 Å². The molecule has 2 heterocycles. The maximum absolute atomic E-state index is 12.2. The minimum atomic E-state index is -0.340. The first-order valence-electron chi connectivity index (χ1n) is 9.14. The molecule has 5 nitrogen and oxygen atoms in total. The highest BCUT2D eigenvalue weighted by Crippen LogP contribution is 2.40. The second-order valence-electron chi connectivity index (χ2n) is 8.36. The molecule has 0 N–H and O–H groups in total. The smallest absolute Gasteiger partial charge is 0.336 e. The minimum absolute atomic E-state index is 0.0701. The number of hydrogen-bond donors (Lipinski definition) is 0. The van der Waals surface area contributed by atoms with Crippen molar-refractivity contribution in [2.75, 3.05) is 14.2 Å². The van der Waals surface area contributed by atoms with Crippen LogP contribution in [0.2, 0.25) is 0 Å². The van der Waals surface area contributed by atoms with Gasteiger partial charge >= 0.3 is 5.63 Å². The zero-order chi connectivity index (χ0) is 19.1. The zero-order valence-electron chi connectivity index (χ0n) is 16.6. The average molecular weight is 359 g/mol. The summed E-state index contributed by atoms with van der Waals surface area (Å²) in [6.45, 7) is 9.82. The third-order valence-electron chi connectivity index (χ3n) is 5.70. The molecule has 26 heavy (non-hydrogen) atoms. The van der Waals surface area contributed by atoms with E-state index in [2.05, 4.69) is 32.6 Å². The Kier molecular flexibility index (Phi) is 4.78. The van der Waals surface area contributed by atoms with Crippen LogP contribution in [-0.4, -0.2) is 30.2 Å². The third kappa shape index (κ3) is 3.32. The molecular weight excluding hydrogens is 330 g/mol. The van der Waals surface area contributed by atoms with Gasteiger partial charge in [-0.05, 0) is 58.6 Å². The molecule has 0 unspecified atom stereocenters. The van der Waals surface area contributed by atoms with E-state index in [0.717, 1.165) is 23.8 Å². The zero-order valence-corrected chi connectivity index (χ0v) is 16.6. The molecule has 1 aromatic carbocycles. The lowest BCUT2D eigenvalue weighted by atomic mass is 9.79. The van der Waals surface area contributed by atoms with E-state index in [0.29, 0.717) is 23.6 Å². The molecule has 5 heteroatoms. The van der Waals surface area contributed by atoms with Crippen LogP contribution >= 0.6 is 0 Å². The molecule has 1 aliphatic heterocycles. The highest BCUT2D eigenvalue weighted by Gasteiger charge is 2.41. The Morgan fingerprint density at radius 3 is 2.15 bits per heavy atom. The molecular formula is C21H29NO4. The molecule has 1 aromatic heterocycles. The predicted octanol–water partition coefficient (Wildman–Crippen LogP) is 4.35. The molecule has 0 aliphatic carbocycles. The van der Waals surface area contributed by atoms with Crippen molar-refractivity contribution in [3.05, 3.63) is 34.2 Å². The highest BCUT2D eigenvalue weighted by molar-refractivity contribution is 5.84. The van der Waals surface area contributed by atoms with Crippen molar-refractivity contribution < 1.29 is 13.9 Å². The molecule has 0 radical (unpaired) electrons. The molecule has 0 atom stereocenters. The Morgan fingerprint density at radius 1 is 1.00 bits per heavy atom. The fourth-order valence-electron chi connectivity index (χ4n) is 4.33. The van der Waals surface area contributed by atoms with E-state index in [4.69, 9.17) is 13.9 Å². The van der Waals surface area contributed by atoms with Gasteiger partial charge in [0.25, 0.3) is 0 Å². The van der Waals surface area contributed by atoms with Gasteiger partial charge in [0.2, 0.25) is 0 Å². The van der Waals surface area contributed by atoms with Gasteiger partial charge in [0, 0.05) is 35.1 Å².